The minimum atomic E-state index is -0.770. The van der Waals surface area contributed by atoms with E-state index in [1.54, 1.807) is 46.6 Å². The van der Waals surface area contributed by atoms with Gasteiger partial charge in [0.1, 0.15) is 29.3 Å². The zero-order valence-corrected chi connectivity index (χ0v) is 27.1. The van der Waals surface area contributed by atoms with Crippen molar-refractivity contribution < 1.29 is 33.2 Å². The zero-order chi connectivity index (χ0) is 32.6. The molecule has 2 bridgehead atoms. The van der Waals surface area contributed by atoms with E-state index >= 15 is 0 Å². The van der Waals surface area contributed by atoms with E-state index in [9.17, 15) is 14.4 Å². The average molecular weight is 625 g/mol. The van der Waals surface area contributed by atoms with E-state index in [1.165, 1.54) is 0 Å². The smallest absolute Gasteiger partial charge is 0.414 e. The largest absolute Gasteiger partial charge is 0.444 e. The number of hydrogen-bond acceptors (Lipinski definition) is 9. The van der Waals surface area contributed by atoms with Crippen molar-refractivity contribution in [1.82, 2.24) is 25.8 Å². The molecule has 1 aromatic carbocycles. The molecule has 244 valence electrons. The van der Waals surface area contributed by atoms with Crippen LogP contribution in [0.15, 0.2) is 45.9 Å². The van der Waals surface area contributed by atoms with E-state index < -0.39 is 23.4 Å². The molecule has 1 aliphatic carbocycles. The number of aromatic nitrogens is 1. The third-order valence-corrected chi connectivity index (χ3v) is 8.01. The maximum Gasteiger partial charge on any atom is 0.414 e. The molecule has 4 amide bonds. The molecule has 1 aromatic heterocycles. The Balaban J connectivity index is 1.26. The molecular formula is C32H44N6O7. The lowest BCUT2D eigenvalue weighted by Crippen LogP contribution is -2.47. The van der Waals surface area contributed by atoms with E-state index in [2.05, 4.69) is 20.8 Å². The van der Waals surface area contributed by atoms with E-state index in [1.807, 2.05) is 48.2 Å². The molecular weight excluding hydrogens is 580 g/mol. The molecule has 2 aliphatic heterocycles. The van der Waals surface area contributed by atoms with Crippen molar-refractivity contribution in [3.8, 4) is 0 Å². The molecule has 3 fully saturated rings. The molecule has 0 radical (unpaired) electrons. The number of hydroxylamine groups is 2. The van der Waals surface area contributed by atoms with Crippen molar-refractivity contribution >= 4 is 24.2 Å². The Hall–Kier alpha value is -4.13. The minimum absolute atomic E-state index is 0.00854. The molecule has 3 atom stereocenters. The molecule has 1 saturated carbocycles. The van der Waals surface area contributed by atoms with E-state index in [0.29, 0.717) is 24.6 Å². The van der Waals surface area contributed by atoms with Crippen LogP contribution < -0.4 is 10.6 Å². The highest BCUT2D eigenvalue weighted by molar-refractivity contribution is 6.01. The number of alkyl carbamates (subject to hydrolysis) is 2. The van der Waals surface area contributed by atoms with Gasteiger partial charge < -0.3 is 18.9 Å². The van der Waals surface area contributed by atoms with Crippen molar-refractivity contribution in [3.63, 3.8) is 0 Å². The van der Waals surface area contributed by atoms with Crippen LogP contribution in [0.4, 0.5) is 14.4 Å². The highest BCUT2D eigenvalue weighted by Gasteiger charge is 2.63. The number of rotatable bonds is 7. The number of benzene rings is 1. The van der Waals surface area contributed by atoms with Crippen LogP contribution in [0.2, 0.25) is 0 Å². The first-order valence-corrected chi connectivity index (χ1v) is 15.4. The number of nitrogens with zero attached hydrogens (tertiary/aromatic N) is 4. The molecule has 45 heavy (non-hydrogen) atoms. The van der Waals surface area contributed by atoms with Crippen LogP contribution in [-0.2, 0) is 20.9 Å². The van der Waals surface area contributed by atoms with Gasteiger partial charge in [-0.05, 0) is 71.8 Å². The Labute approximate surface area is 263 Å². The summed E-state index contributed by atoms with van der Waals surface area (Å²) in [5, 5.41) is 10.9. The maximum atomic E-state index is 13.5. The third kappa shape index (κ3) is 7.94. The fraction of sp³-hybridized carbons (Fsp3) is 0.594. The lowest BCUT2D eigenvalue weighted by molar-refractivity contribution is -0.153. The summed E-state index contributed by atoms with van der Waals surface area (Å²) in [6.45, 7) is 13.4. The zero-order valence-electron chi connectivity index (χ0n) is 27.1. The summed E-state index contributed by atoms with van der Waals surface area (Å²) in [6, 6.07) is 11.3. The van der Waals surface area contributed by atoms with Gasteiger partial charge >= 0.3 is 18.2 Å². The monoisotopic (exact) mass is 624 g/mol. The van der Waals surface area contributed by atoms with Gasteiger partial charge in [-0.25, -0.2) is 14.4 Å². The molecule has 13 heteroatoms. The number of urea groups is 1. The van der Waals surface area contributed by atoms with Gasteiger partial charge in [-0.15, -0.1) is 0 Å². The van der Waals surface area contributed by atoms with Crippen molar-refractivity contribution in [3.05, 3.63) is 53.4 Å². The number of carbonyl (C=O) groups excluding carboxylic acids is 3. The summed E-state index contributed by atoms with van der Waals surface area (Å²) >= 11 is 0. The molecule has 3 aliphatic rings. The summed E-state index contributed by atoms with van der Waals surface area (Å²) < 4.78 is 16.4. The second-order valence-corrected chi connectivity index (χ2v) is 14.1. The van der Waals surface area contributed by atoms with Gasteiger partial charge in [0.2, 0.25) is 5.96 Å². The molecule has 2 N–H and O–H groups in total. The number of fused-ring (bicyclic) bond motifs is 3. The molecule has 2 saturated heterocycles. The number of ether oxygens (including phenoxy) is 2. The molecule has 3 heterocycles. The first-order chi connectivity index (χ1) is 21.1. The quantitative estimate of drug-likeness (QED) is 0.297. The van der Waals surface area contributed by atoms with Gasteiger partial charge in [0, 0.05) is 18.5 Å². The summed E-state index contributed by atoms with van der Waals surface area (Å²) in [5.74, 6) is 0.184. The fourth-order valence-electron chi connectivity index (χ4n) is 5.68. The predicted octanol–water partition coefficient (Wildman–Crippen LogP) is 5.65. The second kappa shape index (κ2) is 12.3. The standard InChI is InChI=1S/C32H44N6O7/c1-20(17-33-26(34-27(39)43-30(2,3)4)35-28(40)44-31(5,6)7)24-15-22(36-45-24)23-16-32(13-14-32)25-18-37(23)29(41)38(25)42-19-21-11-9-8-10-12-21/h8-12,15,20,23,25H,13-14,16-19H2,1-7H3,(H2,33,34,35,39,40)/t20-,23+,25+/m1/s1. The van der Waals surface area contributed by atoms with E-state index in [0.717, 1.165) is 24.8 Å². The summed E-state index contributed by atoms with van der Waals surface area (Å²) in [6.07, 6.45) is 1.32. The SMILES string of the molecule is C[C@H](CN=C(NC(=O)OC(C)(C)C)NC(=O)OC(C)(C)C)c1cc([C@@H]2CC3(CC3)[C@@H]3CN2C(=O)N3OCc2ccccc2)no1. The Morgan fingerprint density at radius 2 is 1.69 bits per heavy atom. The van der Waals surface area contributed by atoms with Crippen molar-refractivity contribution in [2.45, 2.75) is 104 Å². The van der Waals surface area contributed by atoms with Gasteiger partial charge in [-0.3, -0.25) is 20.5 Å². The number of nitrogens with one attached hydrogen (secondary N) is 2. The number of hydrogen-bond donors (Lipinski definition) is 2. The molecule has 0 unspecified atom stereocenters. The maximum absolute atomic E-state index is 13.5. The molecule has 1 spiro atoms. The summed E-state index contributed by atoms with van der Waals surface area (Å²) in [7, 11) is 0. The van der Waals surface area contributed by atoms with Crippen LogP contribution in [0.5, 0.6) is 0 Å². The van der Waals surface area contributed by atoms with Crippen LogP contribution >= 0.6 is 0 Å². The number of guanidine groups is 1. The first-order valence-electron chi connectivity index (χ1n) is 15.4. The summed E-state index contributed by atoms with van der Waals surface area (Å²) in [5.41, 5.74) is 0.207. The highest BCUT2D eigenvalue weighted by atomic mass is 16.7. The first kappa shape index (κ1) is 32.3. The van der Waals surface area contributed by atoms with Crippen molar-refractivity contribution in [2.75, 3.05) is 13.1 Å². The molecule has 5 rings (SSSR count). The predicted molar refractivity (Wildman–Crippen MR) is 164 cm³/mol. The average Bonchev–Trinajstić information content (AvgIpc) is 3.40. The van der Waals surface area contributed by atoms with Crippen LogP contribution in [-0.4, -0.2) is 69.6 Å². The number of piperidine rings is 1. The second-order valence-electron chi connectivity index (χ2n) is 14.1. The lowest BCUT2D eigenvalue weighted by Gasteiger charge is -2.35. The van der Waals surface area contributed by atoms with Gasteiger partial charge in [0.05, 0.1) is 18.6 Å². The van der Waals surface area contributed by atoms with Crippen LogP contribution in [0.1, 0.15) is 96.7 Å². The molecule has 2 aromatic rings. The Morgan fingerprint density at radius 3 is 2.27 bits per heavy atom. The number of amides is 4. The van der Waals surface area contributed by atoms with Gasteiger partial charge in [-0.2, -0.15) is 5.06 Å². The molecule has 13 nitrogen and oxygen atoms in total. The Bertz CT molecular complexity index is 1390. The fourth-order valence-corrected chi connectivity index (χ4v) is 5.68. The Kier molecular flexibility index (Phi) is 8.85. The van der Waals surface area contributed by atoms with Crippen LogP contribution in [0.25, 0.3) is 0 Å². The normalized spacial score (nSPS) is 20.9. The lowest BCUT2D eigenvalue weighted by atomic mass is 9.84. The van der Waals surface area contributed by atoms with Crippen molar-refractivity contribution in [2.24, 2.45) is 10.4 Å². The van der Waals surface area contributed by atoms with Crippen LogP contribution in [0, 0.1) is 5.41 Å². The third-order valence-electron chi connectivity index (χ3n) is 8.01. The van der Waals surface area contributed by atoms with Gasteiger partial charge in [-0.1, -0.05) is 42.4 Å². The minimum Gasteiger partial charge on any atom is -0.444 e. The highest BCUT2D eigenvalue weighted by Crippen LogP contribution is 2.61. The number of carbonyl (C=O) groups is 3. The van der Waals surface area contributed by atoms with Gasteiger partial charge in [0.15, 0.2) is 0 Å². The summed E-state index contributed by atoms with van der Waals surface area (Å²) in [4.78, 5) is 50.7. The van der Waals surface area contributed by atoms with E-state index in [-0.39, 0.29) is 42.0 Å². The van der Waals surface area contributed by atoms with E-state index in [4.69, 9.17) is 18.8 Å². The Morgan fingerprint density at radius 1 is 1.07 bits per heavy atom. The van der Waals surface area contributed by atoms with Crippen molar-refractivity contribution in [1.29, 1.82) is 0 Å². The van der Waals surface area contributed by atoms with Crippen LogP contribution in [0.3, 0.4) is 0 Å². The number of aliphatic imine (C=N–C) groups is 1. The topological polar surface area (TPSA) is 148 Å². The van der Waals surface area contributed by atoms with Gasteiger partial charge in [0.25, 0.3) is 0 Å².